The molecule has 0 atom stereocenters. The molecule has 0 radical (unpaired) electrons. The molecule has 5 heteroatoms. The smallest absolute Gasteiger partial charge is 0.317 e. The maximum atomic E-state index is 10.2. The van der Waals surface area contributed by atoms with Crippen LogP contribution in [0.2, 0.25) is 0 Å². The highest BCUT2D eigenvalue weighted by atomic mass is 16.4. The molecule has 0 aliphatic rings. The summed E-state index contributed by atoms with van der Waals surface area (Å²) in [6, 6.07) is 0. The zero-order chi connectivity index (χ0) is 8.69. The fourth-order valence-corrected chi connectivity index (χ4v) is 0.826. The largest absolute Gasteiger partial charge is 0.480 e. The van der Waals surface area contributed by atoms with E-state index < -0.39 is 5.97 Å². The minimum Gasteiger partial charge on any atom is -0.480 e. The van der Waals surface area contributed by atoms with Gasteiger partial charge in [-0.2, -0.15) is 0 Å². The van der Waals surface area contributed by atoms with E-state index in [2.05, 4.69) is 0 Å². The Balaban J connectivity index is 3.59. The molecule has 0 rings (SSSR count). The van der Waals surface area contributed by atoms with Crippen LogP contribution in [0.4, 0.5) is 0 Å². The van der Waals surface area contributed by atoms with E-state index in [1.165, 1.54) is 0 Å². The van der Waals surface area contributed by atoms with Crippen molar-refractivity contribution in [2.45, 2.75) is 0 Å². The first-order valence-electron chi connectivity index (χ1n) is 3.55. The van der Waals surface area contributed by atoms with E-state index in [0.29, 0.717) is 26.2 Å². The first-order valence-corrected chi connectivity index (χ1v) is 3.55. The molecule has 0 saturated carbocycles. The molecule has 0 saturated heterocycles. The van der Waals surface area contributed by atoms with Crippen molar-refractivity contribution in [2.75, 3.05) is 32.7 Å². The van der Waals surface area contributed by atoms with E-state index >= 15 is 0 Å². The molecule has 0 aliphatic heterocycles. The summed E-state index contributed by atoms with van der Waals surface area (Å²) in [5.41, 5.74) is 10.5. The topological polar surface area (TPSA) is 92.6 Å². The zero-order valence-electron chi connectivity index (χ0n) is 6.49. The number of nitrogens with zero attached hydrogens (tertiary/aromatic N) is 1. The number of hydrogen-bond acceptors (Lipinski definition) is 4. The molecule has 0 heterocycles. The van der Waals surface area contributed by atoms with E-state index in [9.17, 15) is 4.79 Å². The average Bonchev–Trinajstić information content (AvgIpc) is 1.87. The monoisotopic (exact) mass is 161 g/mol. The van der Waals surface area contributed by atoms with Gasteiger partial charge in [0.2, 0.25) is 0 Å². The number of carboxylic acid groups (broad SMARTS) is 1. The second-order valence-electron chi connectivity index (χ2n) is 2.25. The highest BCUT2D eigenvalue weighted by Crippen LogP contribution is 1.84. The van der Waals surface area contributed by atoms with Gasteiger partial charge in [0.1, 0.15) is 0 Å². The molecular formula is C6H15N3O2. The van der Waals surface area contributed by atoms with Gasteiger partial charge in [-0.05, 0) is 0 Å². The van der Waals surface area contributed by atoms with Gasteiger partial charge < -0.3 is 16.6 Å². The van der Waals surface area contributed by atoms with Crippen molar-refractivity contribution < 1.29 is 9.90 Å². The van der Waals surface area contributed by atoms with Gasteiger partial charge in [0.15, 0.2) is 0 Å². The third-order valence-electron chi connectivity index (χ3n) is 1.25. The van der Waals surface area contributed by atoms with Crippen molar-refractivity contribution in [3.05, 3.63) is 0 Å². The van der Waals surface area contributed by atoms with Gasteiger partial charge in [-0.25, -0.2) is 0 Å². The van der Waals surface area contributed by atoms with Gasteiger partial charge in [-0.1, -0.05) is 0 Å². The molecule has 0 aliphatic carbocycles. The predicted molar refractivity (Wildman–Crippen MR) is 42.2 cm³/mol. The zero-order valence-corrected chi connectivity index (χ0v) is 6.49. The van der Waals surface area contributed by atoms with E-state index in [-0.39, 0.29) is 6.54 Å². The number of rotatable bonds is 6. The van der Waals surface area contributed by atoms with E-state index in [1.807, 2.05) is 0 Å². The van der Waals surface area contributed by atoms with Crippen LogP contribution in [-0.4, -0.2) is 48.7 Å². The molecule has 0 aromatic heterocycles. The van der Waals surface area contributed by atoms with Crippen LogP contribution in [0.25, 0.3) is 0 Å². The van der Waals surface area contributed by atoms with Crippen LogP contribution in [0.15, 0.2) is 0 Å². The first kappa shape index (κ1) is 10.3. The summed E-state index contributed by atoms with van der Waals surface area (Å²) < 4.78 is 0. The summed E-state index contributed by atoms with van der Waals surface area (Å²) in [5, 5.41) is 8.41. The summed E-state index contributed by atoms with van der Waals surface area (Å²) in [5.74, 6) is -0.841. The Labute approximate surface area is 66.0 Å². The summed E-state index contributed by atoms with van der Waals surface area (Å²) >= 11 is 0. The lowest BCUT2D eigenvalue weighted by Gasteiger charge is -2.17. The summed E-state index contributed by atoms with van der Waals surface area (Å²) in [6.45, 7) is 2.13. The maximum absolute atomic E-state index is 10.2. The van der Waals surface area contributed by atoms with Crippen LogP contribution in [0.5, 0.6) is 0 Å². The Bertz CT molecular complexity index is 112. The second kappa shape index (κ2) is 6.09. The fraction of sp³-hybridized carbons (Fsp3) is 0.833. The Morgan fingerprint density at radius 3 is 2.00 bits per heavy atom. The molecule has 0 amide bonds. The molecule has 5 N–H and O–H groups in total. The normalized spacial score (nSPS) is 10.5. The predicted octanol–water partition coefficient (Wildman–Crippen LogP) is -1.71. The minimum absolute atomic E-state index is 0.0222. The Kier molecular flexibility index (Phi) is 5.73. The molecule has 0 fully saturated rings. The second-order valence-corrected chi connectivity index (χ2v) is 2.25. The molecule has 66 valence electrons. The van der Waals surface area contributed by atoms with Crippen LogP contribution in [0, 0.1) is 0 Å². The van der Waals surface area contributed by atoms with Crippen molar-refractivity contribution in [2.24, 2.45) is 11.5 Å². The Hall–Kier alpha value is -0.650. The van der Waals surface area contributed by atoms with Crippen LogP contribution in [0.3, 0.4) is 0 Å². The standard InChI is InChI=1S/C6H15N3O2/c7-1-3-9(4-2-8)5-6(10)11/h1-5,7-8H2,(H,10,11). The summed E-state index contributed by atoms with van der Waals surface area (Å²) in [7, 11) is 0. The van der Waals surface area contributed by atoms with E-state index in [4.69, 9.17) is 16.6 Å². The van der Waals surface area contributed by atoms with Crippen molar-refractivity contribution in [3.8, 4) is 0 Å². The number of carbonyl (C=O) groups is 1. The van der Waals surface area contributed by atoms with Crippen molar-refractivity contribution >= 4 is 5.97 Å². The highest BCUT2D eigenvalue weighted by Gasteiger charge is 2.06. The van der Waals surface area contributed by atoms with Gasteiger partial charge >= 0.3 is 5.97 Å². The van der Waals surface area contributed by atoms with Crippen LogP contribution >= 0.6 is 0 Å². The van der Waals surface area contributed by atoms with Gasteiger partial charge in [0.05, 0.1) is 6.54 Å². The first-order chi connectivity index (χ1) is 5.20. The minimum atomic E-state index is -0.841. The lowest BCUT2D eigenvalue weighted by atomic mass is 10.4. The molecule has 5 nitrogen and oxygen atoms in total. The number of aliphatic carboxylic acids is 1. The fourth-order valence-electron chi connectivity index (χ4n) is 0.826. The Morgan fingerprint density at radius 1 is 1.27 bits per heavy atom. The van der Waals surface area contributed by atoms with E-state index in [1.54, 1.807) is 4.90 Å². The average molecular weight is 161 g/mol. The number of carboxylic acids is 1. The van der Waals surface area contributed by atoms with Gasteiger partial charge in [0, 0.05) is 26.2 Å². The Morgan fingerprint density at radius 2 is 1.73 bits per heavy atom. The van der Waals surface area contributed by atoms with Gasteiger partial charge in [-0.15, -0.1) is 0 Å². The van der Waals surface area contributed by atoms with Crippen molar-refractivity contribution in [1.29, 1.82) is 0 Å². The van der Waals surface area contributed by atoms with Crippen LogP contribution in [-0.2, 0) is 4.79 Å². The molecule has 11 heavy (non-hydrogen) atoms. The third kappa shape index (κ3) is 5.78. The molecule has 0 aromatic rings. The van der Waals surface area contributed by atoms with Crippen molar-refractivity contribution in [1.82, 2.24) is 4.90 Å². The number of hydrogen-bond donors (Lipinski definition) is 3. The highest BCUT2D eigenvalue weighted by molar-refractivity contribution is 5.69. The number of nitrogens with two attached hydrogens (primary N) is 2. The third-order valence-corrected chi connectivity index (χ3v) is 1.25. The lowest BCUT2D eigenvalue weighted by Crippen LogP contribution is -2.37. The van der Waals surface area contributed by atoms with Gasteiger partial charge in [0.25, 0.3) is 0 Å². The maximum Gasteiger partial charge on any atom is 0.317 e. The molecule has 0 spiro atoms. The van der Waals surface area contributed by atoms with Crippen LogP contribution in [0.1, 0.15) is 0 Å². The quantitative estimate of drug-likeness (QED) is 0.431. The van der Waals surface area contributed by atoms with Crippen LogP contribution < -0.4 is 11.5 Å². The van der Waals surface area contributed by atoms with Crippen molar-refractivity contribution in [3.63, 3.8) is 0 Å². The molecular weight excluding hydrogens is 146 g/mol. The summed E-state index contributed by atoms with van der Waals surface area (Å²) in [6.07, 6.45) is 0. The summed E-state index contributed by atoms with van der Waals surface area (Å²) in [4.78, 5) is 11.9. The molecule has 0 unspecified atom stereocenters. The SMILES string of the molecule is NCCN(CCN)CC(=O)O. The molecule has 0 bridgehead atoms. The van der Waals surface area contributed by atoms with Gasteiger partial charge in [-0.3, -0.25) is 9.69 Å². The van der Waals surface area contributed by atoms with E-state index in [0.717, 1.165) is 0 Å². The lowest BCUT2D eigenvalue weighted by molar-refractivity contribution is -0.138. The molecule has 0 aromatic carbocycles.